The normalized spacial score (nSPS) is 23.0. The van der Waals surface area contributed by atoms with Crippen LogP contribution in [0.1, 0.15) is 23.7 Å². The molecule has 0 spiro atoms. The minimum absolute atomic E-state index is 0.0577. The van der Waals surface area contributed by atoms with Crippen LogP contribution >= 0.6 is 15.9 Å². The van der Waals surface area contributed by atoms with Crippen LogP contribution in [0.3, 0.4) is 0 Å². The van der Waals surface area contributed by atoms with Crippen LogP contribution in [-0.4, -0.2) is 38.7 Å². The summed E-state index contributed by atoms with van der Waals surface area (Å²) in [7, 11) is 0. The van der Waals surface area contributed by atoms with Gasteiger partial charge in [-0.05, 0) is 24.5 Å². The van der Waals surface area contributed by atoms with Gasteiger partial charge in [0.05, 0.1) is 11.1 Å². The first kappa shape index (κ1) is 13.5. The van der Waals surface area contributed by atoms with Gasteiger partial charge in [0, 0.05) is 30.3 Å². The van der Waals surface area contributed by atoms with E-state index in [-0.39, 0.29) is 5.91 Å². The van der Waals surface area contributed by atoms with Crippen LogP contribution in [0, 0.1) is 5.92 Å². The summed E-state index contributed by atoms with van der Waals surface area (Å²) >= 11 is 3.67. The summed E-state index contributed by atoms with van der Waals surface area (Å²) in [5.41, 5.74) is 2.10. The lowest BCUT2D eigenvalue weighted by atomic mass is 9.99. The maximum Gasteiger partial charge on any atom is 0.256 e. The Bertz CT molecular complexity index is 641. The number of benzene rings is 1. The van der Waals surface area contributed by atoms with Crippen molar-refractivity contribution in [3.8, 4) is 0 Å². The van der Waals surface area contributed by atoms with Gasteiger partial charge in [-0.3, -0.25) is 14.8 Å². The monoisotopic (exact) mass is 333 g/mol. The van der Waals surface area contributed by atoms with Crippen molar-refractivity contribution in [2.75, 3.05) is 13.1 Å². The van der Waals surface area contributed by atoms with E-state index in [1.54, 1.807) is 12.4 Å². The topological polar surface area (TPSA) is 46.1 Å². The van der Waals surface area contributed by atoms with E-state index < -0.39 is 0 Å². The standard InChI is InChI=1S/C15H16BrN3O/c1-10-9-19(8-5-12(10)16)15(20)11-3-2-4-13-14(11)18-7-6-17-13/h2-4,6-7,10,12H,5,8-9H2,1H3. The van der Waals surface area contributed by atoms with Gasteiger partial charge in [0.15, 0.2) is 0 Å². The summed E-state index contributed by atoms with van der Waals surface area (Å²) in [5.74, 6) is 0.524. The van der Waals surface area contributed by atoms with Gasteiger partial charge in [0.1, 0.15) is 5.52 Å². The van der Waals surface area contributed by atoms with E-state index in [4.69, 9.17) is 0 Å². The van der Waals surface area contributed by atoms with Crippen molar-refractivity contribution in [3.05, 3.63) is 36.2 Å². The Kier molecular flexibility index (Phi) is 3.70. The first-order valence-corrected chi connectivity index (χ1v) is 7.71. The zero-order valence-electron chi connectivity index (χ0n) is 11.3. The zero-order chi connectivity index (χ0) is 14.1. The third-order valence-corrected chi connectivity index (χ3v) is 5.18. The fourth-order valence-electron chi connectivity index (χ4n) is 2.64. The second kappa shape index (κ2) is 5.48. The first-order chi connectivity index (χ1) is 9.66. The smallest absolute Gasteiger partial charge is 0.256 e. The average molecular weight is 334 g/mol. The molecule has 1 saturated heterocycles. The highest BCUT2D eigenvalue weighted by Gasteiger charge is 2.28. The molecule has 2 atom stereocenters. The summed E-state index contributed by atoms with van der Waals surface area (Å²) in [5, 5.41) is 0. The lowest BCUT2D eigenvalue weighted by molar-refractivity contribution is 0.0692. The molecular formula is C15H16BrN3O. The first-order valence-electron chi connectivity index (χ1n) is 6.80. The number of hydrogen-bond acceptors (Lipinski definition) is 3. The van der Waals surface area contributed by atoms with Crippen LogP contribution in [0.4, 0.5) is 0 Å². The molecule has 104 valence electrons. The molecule has 0 bridgehead atoms. The number of piperidine rings is 1. The Balaban J connectivity index is 1.93. The lowest BCUT2D eigenvalue weighted by Crippen LogP contribution is -2.43. The summed E-state index contributed by atoms with van der Waals surface area (Å²) < 4.78 is 0. The second-order valence-corrected chi connectivity index (χ2v) is 6.44. The number of likely N-dealkylation sites (tertiary alicyclic amines) is 1. The van der Waals surface area contributed by atoms with Gasteiger partial charge in [0.2, 0.25) is 0 Å². The van der Waals surface area contributed by atoms with Crippen LogP contribution in [0.15, 0.2) is 30.6 Å². The Morgan fingerprint density at radius 3 is 2.95 bits per heavy atom. The number of carbonyl (C=O) groups is 1. The number of nitrogens with zero attached hydrogens (tertiary/aromatic N) is 3. The minimum Gasteiger partial charge on any atom is -0.338 e. The van der Waals surface area contributed by atoms with Gasteiger partial charge in [-0.1, -0.05) is 28.9 Å². The highest BCUT2D eigenvalue weighted by atomic mass is 79.9. The highest BCUT2D eigenvalue weighted by molar-refractivity contribution is 9.09. The summed E-state index contributed by atoms with van der Waals surface area (Å²) in [6.45, 7) is 3.74. The van der Waals surface area contributed by atoms with Crippen molar-refractivity contribution in [2.24, 2.45) is 5.92 Å². The Hall–Kier alpha value is -1.49. The van der Waals surface area contributed by atoms with Crippen molar-refractivity contribution < 1.29 is 4.79 Å². The van der Waals surface area contributed by atoms with E-state index in [9.17, 15) is 4.79 Å². The Morgan fingerprint density at radius 1 is 1.35 bits per heavy atom. The predicted molar refractivity (Wildman–Crippen MR) is 81.9 cm³/mol. The Morgan fingerprint density at radius 2 is 2.15 bits per heavy atom. The van der Waals surface area contributed by atoms with E-state index in [1.807, 2.05) is 23.1 Å². The molecule has 1 aromatic carbocycles. The molecule has 4 nitrogen and oxygen atoms in total. The van der Waals surface area contributed by atoms with Gasteiger partial charge >= 0.3 is 0 Å². The molecule has 1 amide bonds. The minimum atomic E-state index is 0.0577. The summed E-state index contributed by atoms with van der Waals surface area (Å²) in [6, 6.07) is 5.58. The van der Waals surface area contributed by atoms with Crippen molar-refractivity contribution in [2.45, 2.75) is 18.2 Å². The molecule has 0 saturated carbocycles. The van der Waals surface area contributed by atoms with E-state index in [1.165, 1.54) is 0 Å². The number of alkyl halides is 1. The van der Waals surface area contributed by atoms with E-state index in [0.29, 0.717) is 21.8 Å². The average Bonchev–Trinajstić information content (AvgIpc) is 2.49. The summed E-state index contributed by atoms with van der Waals surface area (Å²) in [6.07, 6.45) is 4.27. The molecule has 1 aliphatic heterocycles. The van der Waals surface area contributed by atoms with Crippen molar-refractivity contribution in [1.82, 2.24) is 14.9 Å². The molecule has 2 heterocycles. The molecule has 0 aliphatic carbocycles. The molecule has 2 unspecified atom stereocenters. The second-order valence-electron chi connectivity index (χ2n) is 5.26. The lowest BCUT2D eigenvalue weighted by Gasteiger charge is -2.34. The van der Waals surface area contributed by atoms with Crippen LogP contribution in [-0.2, 0) is 0 Å². The number of hydrogen-bond donors (Lipinski definition) is 0. The van der Waals surface area contributed by atoms with Crippen LogP contribution in [0.5, 0.6) is 0 Å². The largest absolute Gasteiger partial charge is 0.338 e. The third kappa shape index (κ3) is 2.42. The van der Waals surface area contributed by atoms with Gasteiger partial charge < -0.3 is 4.90 Å². The fourth-order valence-corrected chi connectivity index (χ4v) is 3.01. The van der Waals surface area contributed by atoms with Crippen molar-refractivity contribution in [3.63, 3.8) is 0 Å². The molecule has 2 aromatic rings. The van der Waals surface area contributed by atoms with Gasteiger partial charge in [-0.2, -0.15) is 0 Å². The third-order valence-electron chi connectivity index (χ3n) is 3.82. The molecule has 1 aliphatic rings. The van der Waals surface area contributed by atoms with Crippen LogP contribution in [0.2, 0.25) is 0 Å². The molecule has 5 heteroatoms. The molecular weight excluding hydrogens is 318 g/mol. The maximum atomic E-state index is 12.7. The number of amides is 1. The molecule has 1 aromatic heterocycles. The van der Waals surface area contributed by atoms with Crippen molar-refractivity contribution >= 4 is 32.9 Å². The molecule has 0 radical (unpaired) electrons. The summed E-state index contributed by atoms with van der Waals surface area (Å²) in [4.78, 5) is 23.7. The molecule has 0 N–H and O–H groups in total. The molecule has 20 heavy (non-hydrogen) atoms. The fraction of sp³-hybridized carbons (Fsp3) is 0.400. The number of carbonyl (C=O) groups excluding carboxylic acids is 1. The predicted octanol–water partition coefficient (Wildman–Crippen LogP) is 2.88. The van der Waals surface area contributed by atoms with Crippen molar-refractivity contribution in [1.29, 1.82) is 0 Å². The van der Waals surface area contributed by atoms with E-state index >= 15 is 0 Å². The number of halogens is 1. The van der Waals surface area contributed by atoms with Gasteiger partial charge in [-0.15, -0.1) is 0 Å². The van der Waals surface area contributed by atoms with Gasteiger partial charge in [-0.25, -0.2) is 0 Å². The number of rotatable bonds is 1. The van der Waals surface area contributed by atoms with Gasteiger partial charge in [0.25, 0.3) is 5.91 Å². The van der Waals surface area contributed by atoms with Crippen LogP contribution < -0.4 is 0 Å². The number of para-hydroxylation sites is 1. The zero-order valence-corrected chi connectivity index (χ0v) is 12.9. The Labute approximate surface area is 126 Å². The van der Waals surface area contributed by atoms with Crippen LogP contribution in [0.25, 0.3) is 11.0 Å². The number of aromatic nitrogens is 2. The van der Waals surface area contributed by atoms with E-state index in [2.05, 4.69) is 32.8 Å². The maximum absolute atomic E-state index is 12.7. The molecule has 3 rings (SSSR count). The highest BCUT2D eigenvalue weighted by Crippen LogP contribution is 2.25. The quantitative estimate of drug-likeness (QED) is 0.754. The number of fused-ring (bicyclic) bond motifs is 1. The van der Waals surface area contributed by atoms with E-state index in [0.717, 1.165) is 25.0 Å². The SMILES string of the molecule is CC1CN(C(=O)c2cccc3nccnc23)CCC1Br. The molecule has 1 fully saturated rings.